The van der Waals surface area contributed by atoms with E-state index in [1.165, 1.54) is 32.4 Å². The number of nitrogens with zero attached hydrogens (tertiary/aromatic N) is 3. The second kappa shape index (κ2) is 7.60. The van der Waals surface area contributed by atoms with E-state index in [4.69, 9.17) is 0 Å². The molecule has 1 amide bonds. The highest BCUT2D eigenvalue weighted by Crippen LogP contribution is 2.26. The van der Waals surface area contributed by atoms with Crippen molar-refractivity contribution in [1.82, 2.24) is 14.8 Å². The largest absolute Gasteiger partial charge is 0.335 e. The summed E-state index contributed by atoms with van der Waals surface area (Å²) in [7, 11) is 0. The van der Waals surface area contributed by atoms with Gasteiger partial charge in [0.1, 0.15) is 0 Å². The summed E-state index contributed by atoms with van der Waals surface area (Å²) in [5.41, 5.74) is 5.10. The van der Waals surface area contributed by atoms with E-state index in [1.807, 2.05) is 30.0 Å². The highest BCUT2D eigenvalue weighted by atomic mass is 16.2. The van der Waals surface area contributed by atoms with Gasteiger partial charge in [-0.3, -0.25) is 14.7 Å². The minimum atomic E-state index is 0.156. The summed E-state index contributed by atoms with van der Waals surface area (Å²) in [6, 6.07) is 19.1. The third kappa shape index (κ3) is 3.65. The number of aryl methyl sites for hydroxylation is 1. The van der Waals surface area contributed by atoms with Crippen molar-refractivity contribution in [3.8, 4) is 11.1 Å². The number of rotatable bonds is 3. The van der Waals surface area contributed by atoms with Crippen molar-refractivity contribution in [1.29, 1.82) is 0 Å². The smallest absolute Gasteiger partial charge is 0.253 e. The van der Waals surface area contributed by atoms with Gasteiger partial charge in [-0.2, -0.15) is 0 Å². The molecule has 0 saturated carbocycles. The SMILES string of the molecule is Cc1ccc2cc(-c3ccc(C(=O)N4CC(N5CCCCC5)C4)cc3)ccc2n1. The number of carbonyl (C=O) groups is 1. The van der Waals surface area contributed by atoms with Gasteiger partial charge in [-0.05, 0) is 74.3 Å². The Hall–Kier alpha value is -2.72. The number of fused-ring (bicyclic) bond motifs is 1. The summed E-state index contributed by atoms with van der Waals surface area (Å²) in [4.78, 5) is 21.9. The van der Waals surface area contributed by atoms with Gasteiger partial charge in [0, 0.05) is 35.8 Å². The Bertz CT molecular complexity index is 1030. The molecule has 1 aromatic heterocycles. The van der Waals surface area contributed by atoms with Crippen molar-refractivity contribution in [2.75, 3.05) is 26.2 Å². The highest BCUT2D eigenvalue weighted by Gasteiger charge is 2.35. The molecule has 29 heavy (non-hydrogen) atoms. The van der Waals surface area contributed by atoms with E-state index in [1.54, 1.807) is 0 Å². The number of benzene rings is 2. The lowest BCUT2D eigenvalue weighted by Gasteiger charge is -2.46. The van der Waals surface area contributed by atoms with Crippen molar-refractivity contribution < 1.29 is 4.79 Å². The summed E-state index contributed by atoms with van der Waals surface area (Å²) in [6.45, 7) is 6.15. The molecular formula is C25H27N3O. The van der Waals surface area contributed by atoms with Crippen LogP contribution >= 0.6 is 0 Å². The minimum absolute atomic E-state index is 0.156. The Kier molecular flexibility index (Phi) is 4.80. The molecule has 2 aliphatic heterocycles. The predicted molar refractivity (Wildman–Crippen MR) is 117 cm³/mol. The summed E-state index contributed by atoms with van der Waals surface area (Å²) in [5.74, 6) is 0.156. The van der Waals surface area contributed by atoms with Gasteiger partial charge in [0.25, 0.3) is 5.91 Å². The Balaban J connectivity index is 1.27. The lowest BCUT2D eigenvalue weighted by Crippen LogP contribution is -2.61. The zero-order valence-electron chi connectivity index (χ0n) is 17.0. The van der Waals surface area contributed by atoms with Crippen LogP contribution in [0.15, 0.2) is 54.6 Å². The van der Waals surface area contributed by atoms with Crippen LogP contribution in [-0.4, -0.2) is 52.9 Å². The fourth-order valence-corrected chi connectivity index (χ4v) is 4.53. The van der Waals surface area contributed by atoms with E-state index in [2.05, 4.69) is 46.3 Å². The molecular weight excluding hydrogens is 358 g/mol. The lowest BCUT2D eigenvalue weighted by molar-refractivity contribution is 0.0203. The average Bonchev–Trinajstić information content (AvgIpc) is 2.73. The minimum Gasteiger partial charge on any atom is -0.335 e. The van der Waals surface area contributed by atoms with Crippen molar-refractivity contribution in [3.63, 3.8) is 0 Å². The fourth-order valence-electron chi connectivity index (χ4n) is 4.53. The van der Waals surface area contributed by atoms with E-state index < -0.39 is 0 Å². The number of carbonyl (C=O) groups excluding carboxylic acids is 1. The van der Waals surface area contributed by atoms with Crippen molar-refractivity contribution in [2.24, 2.45) is 0 Å². The maximum absolute atomic E-state index is 12.8. The van der Waals surface area contributed by atoms with E-state index >= 15 is 0 Å². The van der Waals surface area contributed by atoms with Gasteiger partial charge in [0.2, 0.25) is 0 Å². The summed E-state index contributed by atoms with van der Waals surface area (Å²) < 4.78 is 0. The van der Waals surface area contributed by atoms with Crippen LogP contribution < -0.4 is 0 Å². The Morgan fingerprint density at radius 3 is 2.38 bits per heavy atom. The van der Waals surface area contributed by atoms with Crippen LogP contribution in [0.25, 0.3) is 22.0 Å². The van der Waals surface area contributed by atoms with Crippen molar-refractivity contribution in [2.45, 2.75) is 32.2 Å². The van der Waals surface area contributed by atoms with Gasteiger partial charge < -0.3 is 4.90 Å². The first-order valence-electron chi connectivity index (χ1n) is 10.7. The van der Waals surface area contributed by atoms with Crippen LogP contribution in [0, 0.1) is 6.92 Å². The van der Waals surface area contributed by atoms with Crippen LogP contribution in [0.4, 0.5) is 0 Å². The first-order valence-corrected chi connectivity index (χ1v) is 10.7. The molecule has 0 spiro atoms. The zero-order valence-corrected chi connectivity index (χ0v) is 17.0. The number of pyridine rings is 1. The number of piperidine rings is 1. The van der Waals surface area contributed by atoms with Crippen LogP contribution in [0.5, 0.6) is 0 Å². The van der Waals surface area contributed by atoms with Crippen LogP contribution in [0.3, 0.4) is 0 Å². The van der Waals surface area contributed by atoms with Gasteiger partial charge in [0.15, 0.2) is 0 Å². The number of amides is 1. The fraction of sp³-hybridized carbons (Fsp3) is 0.360. The summed E-state index contributed by atoms with van der Waals surface area (Å²) in [6.07, 6.45) is 3.96. The number of hydrogen-bond donors (Lipinski definition) is 0. The van der Waals surface area contributed by atoms with Crippen molar-refractivity contribution in [3.05, 3.63) is 65.9 Å². The Labute approximate surface area is 172 Å². The zero-order chi connectivity index (χ0) is 19.8. The second-order valence-electron chi connectivity index (χ2n) is 8.40. The molecule has 2 fully saturated rings. The monoisotopic (exact) mass is 385 g/mol. The Morgan fingerprint density at radius 2 is 1.62 bits per heavy atom. The average molecular weight is 386 g/mol. The maximum atomic E-state index is 12.8. The maximum Gasteiger partial charge on any atom is 0.253 e. The molecule has 0 N–H and O–H groups in total. The highest BCUT2D eigenvalue weighted by molar-refractivity contribution is 5.95. The quantitative estimate of drug-likeness (QED) is 0.665. The Morgan fingerprint density at radius 1 is 0.897 bits per heavy atom. The molecule has 2 saturated heterocycles. The molecule has 2 aromatic carbocycles. The molecule has 3 aromatic rings. The topological polar surface area (TPSA) is 36.4 Å². The predicted octanol–water partition coefficient (Wildman–Crippen LogP) is 4.52. The van der Waals surface area contributed by atoms with Gasteiger partial charge in [-0.15, -0.1) is 0 Å². The van der Waals surface area contributed by atoms with Crippen LogP contribution in [0.2, 0.25) is 0 Å². The summed E-state index contributed by atoms with van der Waals surface area (Å²) in [5, 5.41) is 1.14. The number of hydrogen-bond acceptors (Lipinski definition) is 3. The van der Waals surface area contributed by atoms with E-state index in [9.17, 15) is 4.79 Å². The molecule has 4 nitrogen and oxygen atoms in total. The van der Waals surface area contributed by atoms with E-state index in [0.29, 0.717) is 6.04 Å². The normalized spacial score (nSPS) is 18.0. The van der Waals surface area contributed by atoms with Crippen LogP contribution in [0.1, 0.15) is 35.3 Å². The molecule has 3 heterocycles. The van der Waals surface area contributed by atoms with Gasteiger partial charge >= 0.3 is 0 Å². The first kappa shape index (κ1) is 18.3. The van der Waals surface area contributed by atoms with Crippen LogP contribution in [-0.2, 0) is 0 Å². The third-order valence-electron chi connectivity index (χ3n) is 6.35. The van der Waals surface area contributed by atoms with Gasteiger partial charge in [0.05, 0.1) is 5.52 Å². The molecule has 0 radical (unpaired) electrons. The molecule has 148 valence electrons. The van der Waals surface area contributed by atoms with Crippen molar-refractivity contribution >= 4 is 16.8 Å². The third-order valence-corrected chi connectivity index (χ3v) is 6.35. The number of aromatic nitrogens is 1. The molecule has 0 unspecified atom stereocenters. The molecule has 0 aliphatic carbocycles. The molecule has 0 bridgehead atoms. The standard InChI is InChI=1S/C25H27N3O/c1-18-5-6-22-15-21(11-12-24(22)26-18)19-7-9-20(10-8-19)25(29)28-16-23(17-28)27-13-3-2-4-14-27/h5-12,15,23H,2-4,13-14,16-17H2,1H3. The summed E-state index contributed by atoms with van der Waals surface area (Å²) >= 11 is 0. The van der Waals surface area contributed by atoms with E-state index in [-0.39, 0.29) is 5.91 Å². The molecule has 2 aliphatic rings. The lowest BCUT2D eigenvalue weighted by atomic mass is 9.99. The molecule has 4 heteroatoms. The second-order valence-corrected chi connectivity index (χ2v) is 8.40. The van der Waals surface area contributed by atoms with Gasteiger partial charge in [-0.25, -0.2) is 0 Å². The number of likely N-dealkylation sites (tertiary alicyclic amines) is 2. The van der Waals surface area contributed by atoms with Gasteiger partial charge in [-0.1, -0.05) is 30.7 Å². The molecule has 0 atom stereocenters. The first-order chi connectivity index (χ1) is 14.2. The van der Waals surface area contributed by atoms with E-state index in [0.717, 1.165) is 46.4 Å². The molecule has 5 rings (SSSR count).